The van der Waals surface area contributed by atoms with Gasteiger partial charge in [0.2, 0.25) is 5.88 Å². The van der Waals surface area contributed by atoms with Crippen molar-refractivity contribution < 1.29 is 9.73 Å². The van der Waals surface area contributed by atoms with Crippen molar-refractivity contribution in [1.82, 2.24) is 5.16 Å². The van der Waals surface area contributed by atoms with Crippen LogP contribution in [0.3, 0.4) is 0 Å². The first-order chi connectivity index (χ1) is 4.74. The van der Waals surface area contributed by atoms with Gasteiger partial charge in [-0.2, -0.15) is 0 Å². The highest BCUT2D eigenvalue weighted by Gasteiger charge is 2.05. The first-order valence-corrected chi connectivity index (χ1v) is 3.10. The maximum Gasteiger partial charge on any atom is 0.248 e. The molecule has 0 saturated carbocycles. The smallest absolute Gasteiger partial charge is 0.248 e. The first-order valence-electron chi connectivity index (χ1n) is 3.10. The molecule has 0 spiro atoms. The van der Waals surface area contributed by atoms with E-state index in [9.17, 15) is 0 Å². The standard InChI is InChI=1S/C6H10N2O2/c1-4(2)5-3-6(7-9)10-8-5/h3-4,7,9H,1-2H3. The van der Waals surface area contributed by atoms with Gasteiger partial charge in [-0.1, -0.05) is 19.0 Å². The van der Waals surface area contributed by atoms with E-state index in [1.807, 2.05) is 19.3 Å². The molecule has 1 heterocycles. The molecule has 0 radical (unpaired) electrons. The van der Waals surface area contributed by atoms with E-state index >= 15 is 0 Å². The molecule has 0 aliphatic carbocycles. The van der Waals surface area contributed by atoms with E-state index in [0.29, 0.717) is 5.92 Å². The molecule has 1 aromatic rings. The van der Waals surface area contributed by atoms with Gasteiger partial charge in [-0.3, -0.25) is 5.21 Å². The average molecular weight is 142 g/mol. The van der Waals surface area contributed by atoms with Crippen molar-refractivity contribution in [3.8, 4) is 0 Å². The monoisotopic (exact) mass is 142 g/mol. The Labute approximate surface area is 58.8 Å². The van der Waals surface area contributed by atoms with Gasteiger partial charge in [-0.15, -0.1) is 0 Å². The third kappa shape index (κ3) is 1.27. The van der Waals surface area contributed by atoms with Crippen LogP contribution >= 0.6 is 0 Å². The van der Waals surface area contributed by atoms with E-state index in [-0.39, 0.29) is 5.88 Å². The summed E-state index contributed by atoms with van der Waals surface area (Å²) in [6.07, 6.45) is 0. The summed E-state index contributed by atoms with van der Waals surface area (Å²) in [5.41, 5.74) is 2.70. The number of aromatic nitrogens is 1. The lowest BCUT2D eigenvalue weighted by molar-refractivity contribution is 0.335. The van der Waals surface area contributed by atoms with Crippen LogP contribution < -0.4 is 5.48 Å². The van der Waals surface area contributed by atoms with Crippen molar-refractivity contribution in [3.05, 3.63) is 11.8 Å². The molecule has 0 fully saturated rings. The maximum absolute atomic E-state index is 8.35. The second-order valence-corrected chi connectivity index (χ2v) is 2.38. The summed E-state index contributed by atoms with van der Waals surface area (Å²) < 4.78 is 4.66. The summed E-state index contributed by atoms with van der Waals surface area (Å²) in [5.74, 6) is 0.606. The highest BCUT2D eigenvalue weighted by Crippen LogP contribution is 2.16. The fraction of sp³-hybridized carbons (Fsp3) is 0.500. The Morgan fingerprint density at radius 1 is 1.70 bits per heavy atom. The summed E-state index contributed by atoms with van der Waals surface area (Å²) in [7, 11) is 0. The van der Waals surface area contributed by atoms with Crippen molar-refractivity contribution in [1.29, 1.82) is 0 Å². The highest BCUT2D eigenvalue weighted by molar-refractivity contribution is 5.29. The van der Waals surface area contributed by atoms with Crippen molar-refractivity contribution in [2.75, 3.05) is 5.48 Å². The molecule has 1 rings (SSSR count). The minimum atomic E-state index is 0.281. The van der Waals surface area contributed by atoms with Gasteiger partial charge in [-0.25, -0.2) is 5.48 Å². The van der Waals surface area contributed by atoms with Crippen LogP contribution in [0.4, 0.5) is 5.88 Å². The van der Waals surface area contributed by atoms with E-state index in [2.05, 4.69) is 9.68 Å². The quantitative estimate of drug-likeness (QED) is 0.616. The van der Waals surface area contributed by atoms with Crippen LogP contribution in [0.5, 0.6) is 0 Å². The van der Waals surface area contributed by atoms with Crippen molar-refractivity contribution in [3.63, 3.8) is 0 Å². The normalized spacial score (nSPS) is 10.4. The third-order valence-electron chi connectivity index (χ3n) is 1.23. The Morgan fingerprint density at radius 3 is 2.70 bits per heavy atom. The van der Waals surface area contributed by atoms with Gasteiger partial charge in [-0.05, 0) is 5.92 Å². The predicted molar refractivity (Wildman–Crippen MR) is 36.0 cm³/mol. The third-order valence-corrected chi connectivity index (χ3v) is 1.23. The molecular weight excluding hydrogens is 132 g/mol. The fourth-order valence-corrected chi connectivity index (χ4v) is 0.614. The SMILES string of the molecule is CC(C)c1cc(NO)on1. The van der Waals surface area contributed by atoms with Crippen LogP contribution in [-0.4, -0.2) is 10.4 Å². The Morgan fingerprint density at radius 2 is 2.40 bits per heavy atom. The zero-order valence-corrected chi connectivity index (χ0v) is 5.96. The zero-order chi connectivity index (χ0) is 7.56. The number of rotatable bonds is 2. The molecule has 0 saturated heterocycles. The first kappa shape index (κ1) is 7.08. The van der Waals surface area contributed by atoms with E-state index in [4.69, 9.17) is 5.21 Å². The molecule has 0 aliphatic heterocycles. The Balaban J connectivity index is 2.78. The van der Waals surface area contributed by atoms with Gasteiger partial charge in [0.25, 0.3) is 0 Å². The van der Waals surface area contributed by atoms with E-state index in [1.165, 1.54) is 0 Å². The van der Waals surface area contributed by atoms with Gasteiger partial charge in [0.15, 0.2) is 0 Å². The lowest BCUT2D eigenvalue weighted by atomic mass is 10.1. The molecule has 10 heavy (non-hydrogen) atoms. The number of nitrogens with zero attached hydrogens (tertiary/aromatic N) is 1. The Hall–Kier alpha value is -1.03. The van der Waals surface area contributed by atoms with Gasteiger partial charge in [0.05, 0.1) is 5.69 Å². The molecule has 0 amide bonds. The average Bonchev–Trinajstić information content (AvgIpc) is 2.34. The lowest BCUT2D eigenvalue weighted by Gasteiger charge is -1.92. The molecule has 0 aliphatic rings. The molecule has 0 unspecified atom stereocenters. The minimum absolute atomic E-state index is 0.281. The van der Waals surface area contributed by atoms with Crippen molar-refractivity contribution in [2.24, 2.45) is 0 Å². The van der Waals surface area contributed by atoms with Gasteiger partial charge < -0.3 is 4.52 Å². The molecule has 0 aromatic carbocycles. The molecule has 4 heteroatoms. The molecular formula is C6H10N2O2. The van der Waals surface area contributed by atoms with E-state index in [0.717, 1.165) is 5.69 Å². The summed E-state index contributed by atoms with van der Waals surface area (Å²) in [5, 5.41) is 12.0. The van der Waals surface area contributed by atoms with Gasteiger partial charge >= 0.3 is 0 Å². The minimum Gasteiger partial charge on any atom is -0.336 e. The number of nitrogens with one attached hydrogen (secondary N) is 1. The van der Waals surface area contributed by atoms with E-state index in [1.54, 1.807) is 6.07 Å². The van der Waals surface area contributed by atoms with Crippen LogP contribution in [0, 0.1) is 0 Å². The van der Waals surface area contributed by atoms with Crippen LogP contribution in [-0.2, 0) is 0 Å². The molecule has 0 bridgehead atoms. The summed E-state index contributed by atoms with van der Waals surface area (Å²) >= 11 is 0. The Kier molecular flexibility index (Phi) is 1.91. The summed E-state index contributed by atoms with van der Waals surface area (Å²) in [6, 6.07) is 1.66. The molecule has 0 atom stereocenters. The molecule has 1 aromatic heterocycles. The molecule has 56 valence electrons. The zero-order valence-electron chi connectivity index (χ0n) is 5.96. The van der Waals surface area contributed by atoms with Crippen LogP contribution in [0.1, 0.15) is 25.5 Å². The summed E-state index contributed by atoms with van der Waals surface area (Å²) in [4.78, 5) is 0. The second-order valence-electron chi connectivity index (χ2n) is 2.38. The second kappa shape index (κ2) is 2.70. The fourth-order valence-electron chi connectivity index (χ4n) is 0.614. The predicted octanol–water partition coefficient (Wildman–Crippen LogP) is 1.60. The topological polar surface area (TPSA) is 58.3 Å². The largest absolute Gasteiger partial charge is 0.336 e. The number of hydrogen-bond acceptors (Lipinski definition) is 4. The Bertz CT molecular complexity index is 207. The van der Waals surface area contributed by atoms with Gasteiger partial charge in [0.1, 0.15) is 0 Å². The lowest BCUT2D eigenvalue weighted by Crippen LogP contribution is -1.86. The molecule has 2 N–H and O–H groups in total. The van der Waals surface area contributed by atoms with Crippen molar-refractivity contribution in [2.45, 2.75) is 19.8 Å². The number of hydrogen-bond donors (Lipinski definition) is 2. The summed E-state index contributed by atoms with van der Waals surface area (Å²) in [6.45, 7) is 4.00. The van der Waals surface area contributed by atoms with Crippen LogP contribution in [0.15, 0.2) is 10.6 Å². The van der Waals surface area contributed by atoms with Gasteiger partial charge in [0, 0.05) is 6.07 Å². The number of anilines is 1. The van der Waals surface area contributed by atoms with Crippen LogP contribution in [0.25, 0.3) is 0 Å². The van der Waals surface area contributed by atoms with E-state index < -0.39 is 0 Å². The highest BCUT2D eigenvalue weighted by atomic mass is 16.5. The molecule has 4 nitrogen and oxygen atoms in total. The van der Waals surface area contributed by atoms with Crippen LogP contribution in [0.2, 0.25) is 0 Å². The maximum atomic E-state index is 8.35. The van der Waals surface area contributed by atoms with Crippen molar-refractivity contribution >= 4 is 5.88 Å².